The summed E-state index contributed by atoms with van der Waals surface area (Å²) in [6, 6.07) is 1.58. The van der Waals surface area contributed by atoms with E-state index in [1.807, 2.05) is 4.90 Å². The van der Waals surface area contributed by atoms with Gasteiger partial charge in [0, 0.05) is 31.7 Å². The smallest absolute Gasteiger partial charge is 0.329 e. The van der Waals surface area contributed by atoms with Gasteiger partial charge < -0.3 is 10.6 Å². The van der Waals surface area contributed by atoms with E-state index in [2.05, 4.69) is 4.98 Å². The maximum atomic E-state index is 11.6. The molecule has 88 valence electrons. The molecule has 1 aliphatic rings. The Morgan fingerprint density at radius 1 is 1.56 bits per heavy atom. The molecule has 1 aromatic rings. The first-order chi connectivity index (χ1) is 7.61. The second kappa shape index (κ2) is 4.13. The van der Waals surface area contributed by atoms with Crippen molar-refractivity contribution < 1.29 is 0 Å². The first kappa shape index (κ1) is 10.9. The molecule has 1 aliphatic heterocycles. The van der Waals surface area contributed by atoms with E-state index in [1.54, 1.807) is 6.92 Å². The van der Waals surface area contributed by atoms with Gasteiger partial charge in [0.2, 0.25) is 0 Å². The Bertz CT molecular complexity index is 459. The SMILES string of the molecule is CCn1c(=O)cc(N2CC[C@H](N)C2)[nH]c1=O. The number of aromatic amines is 1. The number of hydrogen-bond donors (Lipinski definition) is 2. The van der Waals surface area contributed by atoms with Gasteiger partial charge in [-0.25, -0.2) is 4.79 Å². The zero-order valence-electron chi connectivity index (χ0n) is 9.27. The van der Waals surface area contributed by atoms with Crippen LogP contribution in [0.3, 0.4) is 0 Å². The van der Waals surface area contributed by atoms with Crippen LogP contribution in [0, 0.1) is 0 Å². The molecular weight excluding hydrogens is 208 g/mol. The van der Waals surface area contributed by atoms with E-state index in [1.165, 1.54) is 10.6 Å². The molecule has 0 aliphatic carbocycles. The summed E-state index contributed by atoms with van der Waals surface area (Å²) < 4.78 is 1.17. The lowest BCUT2D eigenvalue weighted by Gasteiger charge is -2.17. The first-order valence-electron chi connectivity index (χ1n) is 5.46. The van der Waals surface area contributed by atoms with E-state index in [4.69, 9.17) is 5.73 Å². The topological polar surface area (TPSA) is 84.1 Å². The molecule has 0 amide bonds. The summed E-state index contributed by atoms with van der Waals surface area (Å²) >= 11 is 0. The fraction of sp³-hybridized carbons (Fsp3) is 0.600. The molecule has 0 radical (unpaired) electrons. The van der Waals surface area contributed by atoms with Gasteiger partial charge in [0.05, 0.1) is 0 Å². The third-order valence-corrected chi connectivity index (χ3v) is 2.89. The van der Waals surface area contributed by atoms with E-state index in [0.717, 1.165) is 13.0 Å². The number of H-pyrrole nitrogens is 1. The van der Waals surface area contributed by atoms with Crippen molar-refractivity contribution in [3.05, 3.63) is 26.9 Å². The molecular formula is C10H16N4O2. The molecule has 16 heavy (non-hydrogen) atoms. The van der Waals surface area contributed by atoms with Crippen LogP contribution >= 0.6 is 0 Å². The Morgan fingerprint density at radius 3 is 2.81 bits per heavy atom. The number of anilines is 1. The van der Waals surface area contributed by atoms with Crippen LogP contribution in [-0.2, 0) is 6.54 Å². The Morgan fingerprint density at radius 2 is 2.31 bits per heavy atom. The van der Waals surface area contributed by atoms with Crippen LogP contribution in [0.5, 0.6) is 0 Å². The fourth-order valence-corrected chi connectivity index (χ4v) is 1.98. The number of hydrogen-bond acceptors (Lipinski definition) is 4. The normalized spacial score (nSPS) is 20.4. The highest BCUT2D eigenvalue weighted by Gasteiger charge is 2.20. The molecule has 0 aromatic carbocycles. The van der Waals surface area contributed by atoms with Crippen molar-refractivity contribution in [1.82, 2.24) is 9.55 Å². The third kappa shape index (κ3) is 1.88. The zero-order valence-corrected chi connectivity index (χ0v) is 9.27. The van der Waals surface area contributed by atoms with Gasteiger partial charge in [0.15, 0.2) is 0 Å². The van der Waals surface area contributed by atoms with Gasteiger partial charge in [-0.1, -0.05) is 0 Å². The number of aromatic nitrogens is 2. The summed E-state index contributed by atoms with van der Waals surface area (Å²) in [4.78, 5) is 27.8. The van der Waals surface area contributed by atoms with Gasteiger partial charge in [0.1, 0.15) is 5.82 Å². The van der Waals surface area contributed by atoms with Gasteiger partial charge in [-0.3, -0.25) is 14.3 Å². The van der Waals surface area contributed by atoms with E-state index in [0.29, 0.717) is 18.9 Å². The molecule has 0 bridgehead atoms. The highest BCUT2D eigenvalue weighted by atomic mass is 16.2. The fourth-order valence-electron chi connectivity index (χ4n) is 1.98. The van der Waals surface area contributed by atoms with Crippen LogP contribution < -0.4 is 21.9 Å². The predicted octanol–water partition coefficient (Wildman–Crippen LogP) is -0.906. The summed E-state index contributed by atoms with van der Waals surface area (Å²) in [5.74, 6) is 0.577. The van der Waals surface area contributed by atoms with E-state index in [9.17, 15) is 9.59 Å². The molecule has 1 aromatic heterocycles. The van der Waals surface area contributed by atoms with Crippen molar-refractivity contribution in [3.8, 4) is 0 Å². The highest BCUT2D eigenvalue weighted by molar-refractivity contribution is 5.38. The van der Waals surface area contributed by atoms with E-state index >= 15 is 0 Å². The Kier molecular flexibility index (Phi) is 2.82. The molecule has 1 atom stereocenters. The second-order valence-electron chi connectivity index (χ2n) is 4.04. The predicted molar refractivity (Wildman–Crippen MR) is 61.8 cm³/mol. The van der Waals surface area contributed by atoms with Gasteiger partial charge in [-0.2, -0.15) is 0 Å². The van der Waals surface area contributed by atoms with Crippen molar-refractivity contribution in [1.29, 1.82) is 0 Å². The summed E-state index contributed by atoms with van der Waals surface area (Å²) in [6.45, 7) is 3.62. The van der Waals surface area contributed by atoms with Crippen molar-refractivity contribution in [3.63, 3.8) is 0 Å². The lowest BCUT2D eigenvalue weighted by molar-refractivity contribution is 0.668. The molecule has 6 nitrogen and oxygen atoms in total. The standard InChI is InChI=1S/C10H16N4O2/c1-2-14-9(15)5-8(12-10(14)16)13-4-3-7(11)6-13/h5,7H,2-4,6,11H2,1H3,(H,12,16)/t7-/m0/s1. The minimum absolute atomic E-state index is 0.122. The maximum Gasteiger partial charge on any atom is 0.329 e. The number of rotatable bonds is 2. The molecule has 0 saturated carbocycles. The summed E-state index contributed by atoms with van der Waals surface area (Å²) in [7, 11) is 0. The molecule has 1 fully saturated rings. The Balaban J connectivity index is 2.37. The molecule has 2 rings (SSSR count). The van der Waals surface area contributed by atoms with Crippen LogP contribution in [0.4, 0.5) is 5.82 Å². The van der Waals surface area contributed by atoms with Crippen molar-refractivity contribution in [2.75, 3.05) is 18.0 Å². The lowest BCUT2D eigenvalue weighted by atomic mass is 10.3. The molecule has 6 heteroatoms. The van der Waals surface area contributed by atoms with Crippen LogP contribution in [0.15, 0.2) is 15.7 Å². The molecule has 2 heterocycles. The molecule has 1 saturated heterocycles. The monoisotopic (exact) mass is 224 g/mol. The minimum Gasteiger partial charge on any atom is -0.356 e. The van der Waals surface area contributed by atoms with Gasteiger partial charge in [0.25, 0.3) is 5.56 Å². The van der Waals surface area contributed by atoms with Crippen LogP contribution in [0.1, 0.15) is 13.3 Å². The highest BCUT2D eigenvalue weighted by Crippen LogP contribution is 2.13. The molecule has 0 spiro atoms. The summed E-state index contributed by atoms with van der Waals surface area (Å²) in [5.41, 5.74) is 5.16. The minimum atomic E-state index is -0.356. The van der Waals surface area contributed by atoms with Gasteiger partial charge >= 0.3 is 5.69 Å². The largest absolute Gasteiger partial charge is 0.356 e. The van der Waals surface area contributed by atoms with Crippen molar-refractivity contribution in [2.24, 2.45) is 5.73 Å². The number of nitrogens with zero attached hydrogens (tertiary/aromatic N) is 2. The van der Waals surface area contributed by atoms with Gasteiger partial charge in [-0.15, -0.1) is 0 Å². The third-order valence-electron chi connectivity index (χ3n) is 2.89. The Hall–Kier alpha value is -1.56. The lowest BCUT2D eigenvalue weighted by Crippen LogP contribution is -2.37. The second-order valence-corrected chi connectivity index (χ2v) is 4.04. The average Bonchev–Trinajstić information content (AvgIpc) is 2.64. The van der Waals surface area contributed by atoms with Crippen LogP contribution in [0.2, 0.25) is 0 Å². The first-order valence-corrected chi connectivity index (χ1v) is 5.46. The van der Waals surface area contributed by atoms with Crippen molar-refractivity contribution in [2.45, 2.75) is 25.9 Å². The van der Waals surface area contributed by atoms with E-state index in [-0.39, 0.29) is 17.3 Å². The van der Waals surface area contributed by atoms with Crippen LogP contribution in [-0.4, -0.2) is 28.7 Å². The average molecular weight is 224 g/mol. The summed E-state index contributed by atoms with van der Waals surface area (Å²) in [5, 5.41) is 0. The Labute approximate surface area is 92.7 Å². The molecule has 3 N–H and O–H groups in total. The quantitative estimate of drug-likeness (QED) is 0.681. The van der Waals surface area contributed by atoms with Crippen molar-refractivity contribution >= 4 is 5.82 Å². The van der Waals surface area contributed by atoms with E-state index < -0.39 is 0 Å². The van der Waals surface area contributed by atoms with Gasteiger partial charge in [-0.05, 0) is 13.3 Å². The number of nitrogens with one attached hydrogen (secondary N) is 1. The van der Waals surface area contributed by atoms with Crippen LogP contribution in [0.25, 0.3) is 0 Å². The summed E-state index contributed by atoms with van der Waals surface area (Å²) in [6.07, 6.45) is 0.888. The zero-order chi connectivity index (χ0) is 11.7. The molecule has 0 unspecified atom stereocenters. The maximum absolute atomic E-state index is 11.6. The number of nitrogens with two attached hydrogens (primary N) is 1.